The first-order valence-corrected chi connectivity index (χ1v) is 5.94. The van der Waals surface area contributed by atoms with E-state index in [0.29, 0.717) is 11.9 Å². The fourth-order valence-corrected chi connectivity index (χ4v) is 1.77. The Kier molecular flexibility index (Phi) is 7.14. The molecule has 0 saturated heterocycles. The van der Waals surface area contributed by atoms with Crippen molar-refractivity contribution in [3.05, 3.63) is 0 Å². The van der Waals surface area contributed by atoms with E-state index < -0.39 is 0 Å². The third kappa shape index (κ3) is 5.97. The molecule has 0 rings (SSSR count). The Bertz CT molecular complexity index is 148. The predicted octanol–water partition coefficient (Wildman–Crippen LogP) is 2.72. The van der Waals surface area contributed by atoms with Crippen LogP contribution in [-0.2, 0) is 9.53 Å². The fraction of sp³-hybridized carbons (Fsp3) is 0.900. The van der Waals surface area contributed by atoms with Crippen LogP contribution in [0.1, 0.15) is 34.1 Å². The van der Waals surface area contributed by atoms with Crippen LogP contribution in [0.25, 0.3) is 0 Å². The molecule has 0 bridgehead atoms. The summed E-state index contributed by atoms with van der Waals surface area (Å²) >= 11 is 1.84. The maximum atomic E-state index is 11.2. The van der Waals surface area contributed by atoms with Crippen molar-refractivity contribution in [3.8, 4) is 0 Å². The van der Waals surface area contributed by atoms with E-state index in [1.165, 1.54) is 0 Å². The van der Waals surface area contributed by atoms with Crippen molar-refractivity contribution in [1.82, 2.24) is 0 Å². The smallest absolute Gasteiger partial charge is 0.309 e. The van der Waals surface area contributed by atoms with Gasteiger partial charge in [-0.2, -0.15) is 11.8 Å². The Balaban J connectivity index is 3.60. The maximum Gasteiger partial charge on any atom is 0.309 e. The van der Waals surface area contributed by atoms with Gasteiger partial charge in [-0.1, -0.05) is 20.8 Å². The summed E-state index contributed by atoms with van der Waals surface area (Å²) in [6.45, 7) is 8.59. The average molecular weight is 204 g/mol. The molecular weight excluding hydrogens is 184 g/mol. The van der Waals surface area contributed by atoms with Gasteiger partial charge in [-0.05, 0) is 13.3 Å². The number of thioether (sulfide) groups is 1. The Labute approximate surface area is 85.4 Å². The molecule has 0 aromatic carbocycles. The Morgan fingerprint density at radius 1 is 1.38 bits per heavy atom. The van der Waals surface area contributed by atoms with Crippen molar-refractivity contribution in [2.24, 2.45) is 5.92 Å². The van der Waals surface area contributed by atoms with Crippen molar-refractivity contribution in [2.45, 2.75) is 39.4 Å². The van der Waals surface area contributed by atoms with E-state index >= 15 is 0 Å². The Morgan fingerprint density at radius 2 is 2.00 bits per heavy atom. The molecule has 0 N–H and O–H groups in total. The predicted molar refractivity (Wildman–Crippen MR) is 58.0 cm³/mol. The zero-order valence-electron chi connectivity index (χ0n) is 9.00. The van der Waals surface area contributed by atoms with E-state index in [1.54, 1.807) is 0 Å². The molecule has 78 valence electrons. The second-order valence-corrected chi connectivity index (χ2v) is 4.68. The van der Waals surface area contributed by atoms with Crippen LogP contribution < -0.4 is 0 Å². The summed E-state index contributed by atoms with van der Waals surface area (Å²) < 4.78 is 4.92. The third-order valence-corrected chi connectivity index (χ3v) is 3.49. The van der Waals surface area contributed by atoms with Gasteiger partial charge in [-0.15, -0.1) is 0 Å². The molecule has 0 heterocycles. The lowest BCUT2D eigenvalue weighted by Gasteiger charge is -2.12. The summed E-state index contributed by atoms with van der Waals surface area (Å²) in [6, 6.07) is 0. The number of esters is 1. The first-order chi connectivity index (χ1) is 6.11. The van der Waals surface area contributed by atoms with Gasteiger partial charge in [0.05, 0.1) is 12.5 Å². The van der Waals surface area contributed by atoms with Gasteiger partial charge in [-0.25, -0.2) is 0 Å². The normalized spacial score (nSPS) is 15.1. The fourth-order valence-electron chi connectivity index (χ4n) is 0.779. The molecule has 2 unspecified atom stereocenters. The largest absolute Gasteiger partial charge is 0.466 e. The van der Waals surface area contributed by atoms with E-state index in [2.05, 4.69) is 13.8 Å². The molecule has 0 saturated carbocycles. The molecule has 13 heavy (non-hydrogen) atoms. The van der Waals surface area contributed by atoms with Gasteiger partial charge < -0.3 is 4.74 Å². The lowest BCUT2D eigenvalue weighted by Crippen LogP contribution is -2.17. The van der Waals surface area contributed by atoms with Crippen LogP contribution in [-0.4, -0.2) is 23.6 Å². The standard InChI is InChI=1S/C10H20O2S/c1-5-9(4)13-7-8(3)10(11)12-6-2/h8-9H,5-7H2,1-4H3. The zero-order chi connectivity index (χ0) is 10.3. The summed E-state index contributed by atoms with van der Waals surface area (Å²) in [5.74, 6) is 0.825. The Morgan fingerprint density at radius 3 is 2.46 bits per heavy atom. The molecule has 3 heteroatoms. The average Bonchev–Trinajstić information content (AvgIpc) is 2.13. The van der Waals surface area contributed by atoms with Crippen LogP contribution in [0.3, 0.4) is 0 Å². The monoisotopic (exact) mass is 204 g/mol. The highest BCUT2D eigenvalue weighted by atomic mass is 32.2. The number of rotatable bonds is 6. The molecule has 0 spiro atoms. The third-order valence-electron chi connectivity index (χ3n) is 1.89. The van der Waals surface area contributed by atoms with Gasteiger partial charge in [0.15, 0.2) is 0 Å². The lowest BCUT2D eigenvalue weighted by atomic mass is 10.2. The first kappa shape index (κ1) is 12.8. The van der Waals surface area contributed by atoms with Crippen molar-refractivity contribution >= 4 is 17.7 Å². The number of hydrogen-bond donors (Lipinski definition) is 0. The van der Waals surface area contributed by atoms with E-state index in [-0.39, 0.29) is 11.9 Å². The molecular formula is C10H20O2S. The number of carbonyl (C=O) groups excluding carboxylic acids is 1. The zero-order valence-corrected chi connectivity index (χ0v) is 9.82. The van der Waals surface area contributed by atoms with Gasteiger partial charge in [0, 0.05) is 11.0 Å². The lowest BCUT2D eigenvalue weighted by molar-refractivity contribution is -0.146. The molecule has 2 nitrogen and oxygen atoms in total. The second kappa shape index (κ2) is 7.25. The quantitative estimate of drug-likeness (QED) is 0.622. The first-order valence-electron chi connectivity index (χ1n) is 4.90. The molecule has 0 aromatic heterocycles. The van der Waals surface area contributed by atoms with Crippen LogP contribution in [0.5, 0.6) is 0 Å². The molecule has 0 aromatic rings. The summed E-state index contributed by atoms with van der Waals surface area (Å²) in [6.07, 6.45) is 1.15. The van der Waals surface area contributed by atoms with E-state index in [9.17, 15) is 4.79 Å². The summed E-state index contributed by atoms with van der Waals surface area (Å²) in [5.41, 5.74) is 0. The molecule has 0 aliphatic heterocycles. The summed E-state index contributed by atoms with van der Waals surface area (Å²) in [4.78, 5) is 11.2. The maximum absolute atomic E-state index is 11.2. The van der Waals surface area contributed by atoms with Gasteiger partial charge in [-0.3, -0.25) is 4.79 Å². The van der Waals surface area contributed by atoms with Gasteiger partial charge in [0.1, 0.15) is 0 Å². The van der Waals surface area contributed by atoms with E-state index in [1.807, 2.05) is 25.6 Å². The van der Waals surface area contributed by atoms with E-state index in [0.717, 1.165) is 12.2 Å². The highest BCUT2D eigenvalue weighted by Gasteiger charge is 2.14. The number of carbonyl (C=O) groups is 1. The SMILES string of the molecule is CCOC(=O)C(C)CSC(C)CC. The highest BCUT2D eigenvalue weighted by molar-refractivity contribution is 7.99. The van der Waals surface area contributed by atoms with Gasteiger partial charge in [0.2, 0.25) is 0 Å². The number of hydrogen-bond acceptors (Lipinski definition) is 3. The van der Waals surface area contributed by atoms with Crippen LogP contribution in [0.15, 0.2) is 0 Å². The van der Waals surface area contributed by atoms with Crippen LogP contribution in [0.4, 0.5) is 0 Å². The second-order valence-electron chi connectivity index (χ2n) is 3.21. The molecule has 0 amide bonds. The van der Waals surface area contributed by atoms with Crippen LogP contribution >= 0.6 is 11.8 Å². The van der Waals surface area contributed by atoms with Crippen LogP contribution in [0, 0.1) is 5.92 Å². The Hall–Kier alpha value is -0.180. The minimum absolute atomic E-state index is 0.0268. The molecule has 0 aliphatic carbocycles. The minimum Gasteiger partial charge on any atom is -0.466 e. The summed E-state index contributed by atoms with van der Waals surface area (Å²) in [5, 5.41) is 0.636. The van der Waals surface area contributed by atoms with Gasteiger partial charge in [0.25, 0.3) is 0 Å². The molecule has 0 aliphatic rings. The van der Waals surface area contributed by atoms with E-state index in [4.69, 9.17) is 4.74 Å². The molecule has 0 fully saturated rings. The van der Waals surface area contributed by atoms with Gasteiger partial charge >= 0.3 is 5.97 Å². The topological polar surface area (TPSA) is 26.3 Å². The van der Waals surface area contributed by atoms with Crippen molar-refractivity contribution in [3.63, 3.8) is 0 Å². The molecule has 2 atom stereocenters. The minimum atomic E-state index is -0.0710. The van der Waals surface area contributed by atoms with Crippen molar-refractivity contribution in [2.75, 3.05) is 12.4 Å². The number of ether oxygens (including phenoxy) is 1. The summed E-state index contributed by atoms with van der Waals surface area (Å²) in [7, 11) is 0. The molecule has 0 radical (unpaired) electrons. The van der Waals surface area contributed by atoms with Crippen LogP contribution in [0.2, 0.25) is 0 Å². The highest BCUT2D eigenvalue weighted by Crippen LogP contribution is 2.17. The van der Waals surface area contributed by atoms with Crippen molar-refractivity contribution < 1.29 is 9.53 Å². The van der Waals surface area contributed by atoms with Crippen molar-refractivity contribution in [1.29, 1.82) is 0 Å².